The first-order valence-corrected chi connectivity index (χ1v) is 2.77. The third-order valence-corrected chi connectivity index (χ3v) is 1.19. The molecular weight excluding hydrogens is 115 g/mol. The van der Waals surface area contributed by atoms with E-state index < -0.39 is 14.5 Å². The van der Waals surface area contributed by atoms with E-state index in [0.717, 1.165) is 0 Å². The van der Waals surface area contributed by atoms with E-state index in [1.165, 1.54) is 14.2 Å². The molecule has 0 fully saturated rings. The smallest absolute Gasteiger partial charge is 0.316 e. The predicted octanol–water partition coefficient (Wildman–Crippen LogP) is 0.587. The molecule has 0 heterocycles. The summed E-state index contributed by atoms with van der Waals surface area (Å²) < 4.78 is 18.9. The van der Waals surface area contributed by atoms with Crippen LogP contribution in [0, 0.1) is 0 Å². The quantitative estimate of drug-likeness (QED) is 0.407. The zero-order valence-corrected chi connectivity index (χ0v) is 5.30. The maximum absolute atomic E-state index is 9.87. The van der Waals surface area contributed by atoms with Crippen molar-refractivity contribution in [1.82, 2.24) is 0 Å². The van der Waals surface area contributed by atoms with E-state index in [2.05, 4.69) is 9.47 Å². The van der Waals surface area contributed by atoms with Crippen LogP contribution in [-0.2, 0) is 14.0 Å². The molecule has 1 unspecified atom stereocenters. The fourth-order valence-electron chi connectivity index (χ4n) is 0.192. The van der Waals surface area contributed by atoms with Gasteiger partial charge in [-0.05, 0) is 0 Å². The highest BCUT2D eigenvalue weighted by Gasteiger charge is 2.09. The summed E-state index contributed by atoms with van der Waals surface area (Å²) in [6, 6.07) is -0.542. The summed E-state index contributed by atoms with van der Waals surface area (Å²) in [6.45, 7) is 0. The van der Waals surface area contributed by atoms with Gasteiger partial charge >= 0.3 is 14.5 Å². The van der Waals surface area contributed by atoms with Gasteiger partial charge in [-0.25, -0.2) is 0 Å². The number of ether oxygens (including phenoxy) is 2. The summed E-state index contributed by atoms with van der Waals surface area (Å²) in [5, 5.41) is 0. The van der Waals surface area contributed by atoms with E-state index in [1.54, 1.807) is 0 Å². The molecule has 0 spiro atoms. The Morgan fingerprint density at radius 1 is 1.43 bits per heavy atom. The lowest BCUT2D eigenvalue weighted by atomic mass is 11.3. The Hall–Kier alpha value is 0.0200. The monoisotopic (exact) mass is 123 g/mol. The number of methoxy groups -OCH3 is 2. The van der Waals surface area contributed by atoms with Crippen molar-refractivity contribution in [3.63, 3.8) is 0 Å². The molecule has 0 aliphatic rings. The van der Waals surface area contributed by atoms with Crippen molar-refractivity contribution in [2.75, 3.05) is 14.2 Å². The standard InChI is InChI=1S/C3H7O3P/c1-5-3(6-2)7-4/h3H,1-2H3/p+1. The second-order valence-corrected chi connectivity index (χ2v) is 1.63. The zero-order chi connectivity index (χ0) is 5.70. The SMILES string of the molecule is COC(OC)[PH+]=O. The highest BCUT2D eigenvalue weighted by atomic mass is 31.1. The van der Waals surface area contributed by atoms with E-state index >= 15 is 0 Å². The molecule has 0 N–H and O–H groups in total. The molecule has 0 amide bonds. The van der Waals surface area contributed by atoms with Gasteiger partial charge in [0, 0.05) is 14.2 Å². The van der Waals surface area contributed by atoms with Gasteiger partial charge in [0.15, 0.2) is 0 Å². The minimum Gasteiger partial charge on any atom is -0.316 e. The molecule has 0 rings (SSSR count). The maximum Gasteiger partial charge on any atom is 0.387 e. The molecule has 0 aliphatic carbocycles. The van der Waals surface area contributed by atoms with Crippen LogP contribution in [0.5, 0.6) is 0 Å². The van der Waals surface area contributed by atoms with E-state index in [-0.39, 0.29) is 0 Å². The summed E-state index contributed by atoms with van der Waals surface area (Å²) >= 11 is 0. The molecule has 0 saturated carbocycles. The van der Waals surface area contributed by atoms with Gasteiger partial charge in [-0.2, -0.15) is 0 Å². The summed E-state index contributed by atoms with van der Waals surface area (Å²) in [4.78, 5) is 0. The lowest BCUT2D eigenvalue weighted by Crippen LogP contribution is -2.02. The Bertz CT molecular complexity index is 52.1. The molecule has 0 aromatic carbocycles. The molecule has 0 aliphatic heterocycles. The van der Waals surface area contributed by atoms with Gasteiger partial charge in [0.1, 0.15) is 0 Å². The molecule has 3 nitrogen and oxygen atoms in total. The molecular formula is C3H8O3P+. The number of rotatable bonds is 3. The van der Waals surface area contributed by atoms with Gasteiger partial charge in [-0.3, -0.25) is 0 Å². The summed E-state index contributed by atoms with van der Waals surface area (Å²) in [7, 11) is 2.34. The Labute approximate surface area is 43.8 Å². The molecule has 0 aromatic rings. The fourth-order valence-corrected chi connectivity index (χ4v) is 0.385. The highest BCUT2D eigenvalue weighted by Crippen LogP contribution is 2.05. The third-order valence-electron chi connectivity index (χ3n) is 0.524. The summed E-state index contributed by atoms with van der Waals surface area (Å²) in [5.41, 5.74) is 0. The van der Waals surface area contributed by atoms with E-state index in [9.17, 15) is 4.57 Å². The minimum atomic E-state index is -0.546. The second-order valence-electron chi connectivity index (χ2n) is 0.921. The Morgan fingerprint density at radius 2 is 1.86 bits per heavy atom. The average molecular weight is 123 g/mol. The molecule has 0 aromatic heterocycles. The maximum atomic E-state index is 9.87. The van der Waals surface area contributed by atoms with Gasteiger partial charge in [-0.15, -0.1) is 0 Å². The molecule has 0 saturated heterocycles. The second kappa shape index (κ2) is 4.19. The number of hydrogen-bond acceptors (Lipinski definition) is 3. The van der Waals surface area contributed by atoms with Crippen LogP contribution in [0.3, 0.4) is 0 Å². The van der Waals surface area contributed by atoms with Crippen LogP contribution in [0.4, 0.5) is 0 Å². The van der Waals surface area contributed by atoms with Crippen LogP contribution < -0.4 is 0 Å². The van der Waals surface area contributed by atoms with Crippen LogP contribution >= 0.6 is 8.46 Å². The van der Waals surface area contributed by atoms with E-state index in [0.29, 0.717) is 0 Å². The molecule has 0 bridgehead atoms. The van der Waals surface area contributed by atoms with Crippen molar-refractivity contribution in [1.29, 1.82) is 0 Å². The van der Waals surface area contributed by atoms with Crippen molar-refractivity contribution in [2.24, 2.45) is 0 Å². The van der Waals surface area contributed by atoms with Crippen molar-refractivity contribution in [3.05, 3.63) is 0 Å². The molecule has 4 heteroatoms. The normalized spacial score (nSPS) is 10.7. The Kier molecular flexibility index (Phi) is 4.20. The van der Waals surface area contributed by atoms with Crippen LogP contribution in [0.1, 0.15) is 0 Å². The van der Waals surface area contributed by atoms with Crippen LogP contribution in [-0.4, -0.2) is 20.3 Å². The van der Waals surface area contributed by atoms with Crippen LogP contribution in [0.2, 0.25) is 0 Å². The minimum absolute atomic E-state index is 0.542. The molecule has 0 radical (unpaired) electrons. The molecule has 42 valence electrons. The topological polar surface area (TPSA) is 35.5 Å². The van der Waals surface area contributed by atoms with Gasteiger partial charge < -0.3 is 9.47 Å². The highest BCUT2D eigenvalue weighted by molar-refractivity contribution is 7.24. The van der Waals surface area contributed by atoms with Crippen molar-refractivity contribution in [3.8, 4) is 0 Å². The Balaban J connectivity index is 3.16. The van der Waals surface area contributed by atoms with Gasteiger partial charge in [0.2, 0.25) is 0 Å². The molecule has 7 heavy (non-hydrogen) atoms. The average Bonchev–Trinajstić information content (AvgIpc) is 1.72. The van der Waals surface area contributed by atoms with Crippen molar-refractivity contribution < 1.29 is 14.0 Å². The van der Waals surface area contributed by atoms with Crippen LogP contribution in [0.15, 0.2) is 0 Å². The predicted molar refractivity (Wildman–Crippen MR) is 26.8 cm³/mol. The first-order chi connectivity index (χ1) is 3.35. The van der Waals surface area contributed by atoms with Crippen LogP contribution in [0.25, 0.3) is 0 Å². The lowest BCUT2D eigenvalue weighted by molar-refractivity contribution is -0.0385. The fraction of sp³-hybridized carbons (Fsp3) is 1.00. The zero-order valence-electron chi connectivity index (χ0n) is 4.30. The van der Waals surface area contributed by atoms with Gasteiger partial charge in [0.05, 0.1) is 0 Å². The van der Waals surface area contributed by atoms with Gasteiger partial charge in [0.25, 0.3) is 0 Å². The first kappa shape index (κ1) is 7.02. The third kappa shape index (κ3) is 2.68. The van der Waals surface area contributed by atoms with Crippen molar-refractivity contribution >= 4 is 8.46 Å². The lowest BCUT2D eigenvalue weighted by Gasteiger charge is -1.93. The van der Waals surface area contributed by atoms with E-state index in [4.69, 9.17) is 0 Å². The molecule has 1 atom stereocenters. The summed E-state index contributed by atoms with van der Waals surface area (Å²) in [6.07, 6.45) is 0. The van der Waals surface area contributed by atoms with Gasteiger partial charge in [-0.1, -0.05) is 4.57 Å². The van der Waals surface area contributed by atoms with E-state index in [1.807, 2.05) is 0 Å². The first-order valence-electron chi connectivity index (χ1n) is 1.78. The largest absolute Gasteiger partial charge is 0.387 e. The summed E-state index contributed by atoms with van der Waals surface area (Å²) in [5.74, 6) is 0. The van der Waals surface area contributed by atoms with Crippen molar-refractivity contribution in [2.45, 2.75) is 6.03 Å². The Morgan fingerprint density at radius 3 is 1.86 bits per heavy atom. The number of hydrogen-bond donors (Lipinski definition) is 0.